The largest absolute Gasteiger partial charge is 0.389 e. The van der Waals surface area contributed by atoms with Gasteiger partial charge in [0.25, 0.3) is 0 Å². The third-order valence-corrected chi connectivity index (χ3v) is 5.01. The van der Waals surface area contributed by atoms with Crippen molar-refractivity contribution in [3.63, 3.8) is 0 Å². The normalized spacial score (nSPS) is 32.9. The van der Waals surface area contributed by atoms with Crippen LogP contribution in [-0.2, 0) is 6.42 Å². The zero-order chi connectivity index (χ0) is 11.9. The molecule has 0 bridgehead atoms. The number of rotatable bonds is 2. The lowest BCUT2D eigenvalue weighted by molar-refractivity contribution is 0.0689. The van der Waals surface area contributed by atoms with E-state index >= 15 is 0 Å². The number of aliphatic hydroxyl groups is 1. The summed E-state index contributed by atoms with van der Waals surface area (Å²) >= 11 is 2.00. The van der Waals surface area contributed by atoms with E-state index in [2.05, 4.69) is 29.2 Å². The molecule has 1 aromatic carbocycles. The van der Waals surface area contributed by atoms with Crippen LogP contribution in [0.1, 0.15) is 18.9 Å². The molecule has 2 atom stereocenters. The third kappa shape index (κ3) is 2.51. The minimum atomic E-state index is -0.462. The van der Waals surface area contributed by atoms with Gasteiger partial charge in [0.15, 0.2) is 0 Å². The molecule has 2 unspecified atom stereocenters. The Bertz CT molecular complexity index is 393. The van der Waals surface area contributed by atoms with Crippen molar-refractivity contribution in [2.45, 2.75) is 35.5 Å². The second-order valence-corrected chi connectivity index (χ2v) is 6.88. The van der Waals surface area contributed by atoms with Gasteiger partial charge in [0, 0.05) is 29.8 Å². The quantitative estimate of drug-likeness (QED) is 0.869. The lowest BCUT2D eigenvalue weighted by Crippen LogP contribution is -2.33. The molecule has 1 N–H and O–H groups in total. The van der Waals surface area contributed by atoms with Gasteiger partial charge in [0.05, 0.1) is 5.60 Å². The summed E-state index contributed by atoms with van der Waals surface area (Å²) in [6, 6.07) is 8.71. The Balaban J connectivity index is 1.59. The molecule has 2 aliphatic heterocycles. The molecule has 3 rings (SSSR count). The zero-order valence-electron chi connectivity index (χ0n) is 10.2. The lowest BCUT2D eigenvalue weighted by atomic mass is 10.1. The number of hydrogen-bond donors (Lipinski definition) is 1. The van der Waals surface area contributed by atoms with E-state index in [0.29, 0.717) is 5.25 Å². The van der Waals surface area contributed by atoms with Gasteiger partial charge in [-0.1, -0.05) is 18.2 Å². The minimum absolute atomic E-state index is 0.462. The van der Waals surface area contributed by atoms with Gasteiger partial charge in [0.2, 0.25) is 0 Å². The average molecular weight is 249 g/mol. The van der Waals surface area contributed by atoms with Crippen LogP contribution in [0.4, 0.5) is 0 Å². The third-order valence-electron chi connectivity index (χ3n) is 3.71. The number of thioether (sulfide) groups is 1. The first kappa shape index (κ1) is 11.6. The van der Waals surface area contributed by atoms with E-state index in [9.17, 15) is 5.11 Å². The first-order valence-electron chi connectivity index (χ1n) is 6.32. The van der Waals surface area contributed by atoms with E-state index in [-0.39, 0.29) is 0 Å². The summed E-state index contributed by atoms with van der Waals surface area (Å²) in [5.41, 5.74) is 1.03. The van der Waals surface area contributed by atoms with Gasteiger partial charge in [-0.05, 0) is 31.4 Å². The van der Waals surface area contributed by atoms with E-state index < -0.39 is 5.60 Å². The van der Waals surface area contributed by atoms with Crippen LogP contribution in [0.5, 0.6) is 0 Å². The molecule has 0 saturated carbocycles. The molecule has 2 nitrogen and oxygen atoms in total. The van der Waals surface area contributed by atoms with Gasteiger partial charge in [-0.25, -0.2) is 0 Å². The molecule has 92 valence electrons. The van der Waals surface area contributed by atoms with Gasteiger partial charge < -0.3 is 5.11 Å². The van der Waals surface area contributed by atoms with Crippen molar-refractivity contribution in [2.24, 2.45) is 0 Å². The monoisotopic (exact) mass is 249 g/mol. The molecule has 0 aliphatic carbocycles. The van der Waals surface area contributed by atoms with Crippen LogP contribution in [0.25, 0.3) is 0 Å². The van der Waals surface area contributed by atoms with Crippen molar-refractivity contribution in [3.8, 4) is 0 Å². The van der Waals surface area contributed by atoms with Gasteiger partial charge >= 0.3 is 0 Å². The van der Waals surface area contributed by atoms with E-state index in [1.807, 2.05) is 18.7 Å². The van der Waals surface area contributed by atoms with Crippen LogP contribution in [0.2, 0.25) is 0 Å². The van der Waals surface area contributed by atoms with Crippen LogP contribution < -0.4 is 0 Å². The maximum absolute atomic E-state index is 9.96. The number of likely N-dealkylation sites (tertiary alicyclic amines) is 1. The number of nitrogens with zero attached hydrogens (tertiary/aromatic N) is 1. The predicted octanol–water partition coefficient (Wildman–Crippen LogP) is 2.16. The Morgan fingerprint density at radius 2 is 2.29 bits per heavy atom. The van der Waals surface area contributed by atoms with Crippen LogP contribution in [0.15, 0.2) is 29.2 Å². The fourth-order valence-corrected chi connectivity index (χ4v) is 4.21. The van der Waals surface area contributed by atoms with Crippen LogP contribution in [0.3, 0.4) is 0 Å². The van der Waals surface area contributed by atoms with Crippen molar-refractivity contribution in [3.05, 3.63) is 29.8 Å². The summed E-state index contributed by atoms with van der Waals surface area (Å²) in [6.07, 6.45) is 2.09. The summed E-state index contributed by atoms with van der Waals surface area (Å²) in [6.45, 7) is 4.93. The molecule has 1 fully saturated rings. The highest BCUT2D eigenvalue weighted by atomic mass is 32.2. The molecule has 1 aromatic rings. The Labute approximate surface area is 107 Å². The Hall–Kier alpha value is -0.510. The summed E-state index contributed by atoms with van der Waals surface area (Å²) in [5.74, 6) is 0. The highest BCUT2D eigenvalue weighted by Crippen LogP contribution is 2.37. The van der Waals surface area contributed by atoms with E-state index in [1.54, 1.807) is 0 Å². The molecule has 2 aliphatic rings. The van der Waals surface area contributed by atoms with Crippen molar-refractivity contribution in [1.82, 2.24) is 4.90 Å². The molecule has 3 heteroatoms. The Morgan fingerprint density at radius 3 is 3.00 bits per heavy atom. The van der Waals surface area contributed by atoms with Gasteiger partial charge in [-0.2, -0.15) is 0 Å². The maximum atomic E-state index is 9.96. The molecule has 0 amide bonds. The SMILES string of the molecule is CC1(O)CCN(CC2Cc3ccccc3S2)C1. The zero-order valence-corrected chi connectivity index (χ0v) is 11.0. The predicted molar refractivity (Wildman–Crippen MR) is 71.5 cm³/mol. The molecule has 17 heavy (non-hydrogen) atoms. The molecule has 0 spiro atoms. The van der Waals surface area contributed by atoms with Gasteiger partial charge in [-0.3, -0.25) is 4.90 Å². The second-order valence-electron chi connectivity index (χ2n) is 5.53. The Morgan fingerprint density at radius 1 is 1.47 bits per heavy atom. The van der Waals surface area contributed by atoms with Crippen LogP contribution in [-0.4, -0.2) is 40.5 Å². The number of fused-ring (bicyclic) bond motifs is 1. The van der Waals surface area contributed by atoms with E-state index in [1.165, 1.54) is 16.9 Å². The Kier molecular flexibility index (Phi) is 2.93. The average Bonchev–Trinajstić information content (AvgIpc) is 2.81. The fourth-order valence-electron chi connectivity index (χ4n) is 2.84. The first-order valence-corrected chi connectivity index (χ1v) is 7.20. The summed E-state index contributed by atoms with van der Waals surface area (Å²) in [4.78, 5) is 3.85. The summed E-state index contributed by atoms with van der Waals surface area (Å²) < 4.78 is 0. The van der Waals surface area contributed by atoms with Crippen molar-refractivity contribution in [2.75, 3.05) is 19.6 Å². The summed E-state index contributed by atoms with van der Waals surface area (Å²) in [5, 5.41) is 10.6. The van der Waals surface area contributed by atoms with Crippen molar-refractivity contribution >= 4 is 11.8 Å². The first-order chi connectivity index (χ1) is 8.12. The van der Waals surface area contributed by atoms with E-state index in [0.717, 1.165) is 26.1 Å². The standard InChI is InChI=1S/C14H19NOS/c1-14(16)6-7-15(10-14)9-12-8-11-4-2-3-5-13(11)17-12/h2-5,12,16H,6-10H2,1H3. The fraction of sp³-hybridized carbons (Fsp3) is 0.571. The van der Waals surface area contributed by atoms with Crippen LogP contribution >= 0.6 is 11.8 Å². The number of β-amino-alcohol motifs (C(OH)–C–C–N with tert-alkyl or cyclic N) is 1. The number of benzene rings is 1. The van der Waals surface area contributed by atoms with Gasteiger partial charge in [0.1, 0.15) is 0 Å². The van der Waals surface area contributed by atoms with E-state index in [4.69, 9.17) is 0 Å². The van der Waals surface area contributed by atoms with Gasteiger partial charge in [-0.15, -0.1) is 11.8 Å². The van der Waals surface area contributed by atoms with Crippen molar-refractivity contribution < 1.29 is 5.11 Å². The highest BCUT2D eigenvalue weighted by Gasteiger charge is 2.33. The topological polar surface area (TPSA) is 23.5 Å². The molecule has 1 saturated heterocycles. The smallest absolute Gasteiger partial charge is 0.0758 e. The summed E-state index contributed by atoms with van der Waals surface area (Å²) in [7, 11) is 0. The molecule has 0 aromatic heterocycles. The molecule has 0 radical (unpaired) electrons. The molecular weight excluding hydrogens is 230 g/mol. The number of hydrogen-bond acceptors (Lipinski definition) is 3. The van der Waals surface area contributed by atoms with Crippen molar-refractivity contribution in [1.29, 1.82) is 0 Å². The molecular formula is C14H19NOS. The van der Waals surface area contributed by atoms with Crippen LogP contribution in [0, 0.1) is 0 Å². The maximum Gasteiger partial charge on any atom is 0.0758 e. The lowest BCUT2D eigenvalue weighted by Gasteiger charge is -2.21. The minimum Gasteiger partial charge on any atom is -0.389 e. The molecule has 2 heterocycles. The second kappa shape index (κ2) is 4.30. The highest BCUT2D eigenvalue weighted by molar-refractivity contribution is 8.00.